The fraction of sp³-hybridized carbons (Fsp3) is 0.500. The third-order valence-corrected chi connectivity index (χ3v) is 1.53. The molecule has 0 radical (unpaired) electrons. The van der Waals surface area contributed by atoms with Crippen LogP contribution in [0.25, 0.3) is 0 Å². The maximum absolute atomic E-state index is 10.9. The average molecular weight is 230 g/mol. The van der Waals surface area contributed by atoms with Gasteiger partial charge in [0.1, 0.15) is 0 Å². The number of nitrogens with zero attached hydrogens (tertiary/aromatic N) is 1. The Bertz CT molecular complexity index is 406. The third-order valence-electron chi connectivity index (χ3n) is 1.53. The second-order valence-corrected chi connectivity index (χ2v) is 2.46. The molecule has 0 aliphatic rings. The Kier molecular flexibility index (Phi) is 10.0. The van der Waals surface area contributed by atoms with Crippen molar-refractivity contribution in [2.45, 2.75) is 34.2 Å². The highest BCUT2D eigenvalue weighted by atomic mass is 16.3. The van der Waals surface area contributed by atoms with E-state index >= 15 is 0 Å². The molecule has 0 fully saturated rings. The largest absolute Gasteiger partial charge is 0.483 e. The Balaban J connectivity index is 0. The zero-order chi connectivity index (χ0) is 13.1. The molecular weight excluding hydrogens is 212 g/mol. The van der Waals surface area contributed by atoms with E-state index in [0.717, 1.165) is 0 Å². The number of carbonyl (C=O) groups is 1. The second kappa shape index (κ2) is 9.70. The summed E-state index contributed by atoms with van der Waals surface area (Å²) in [5.41, 5.74) is -0.0887. The molecule has 0 amide bonds. The van der Waals surface area contributed by atoms with Gasteiger partial charge in [-0.15, -0.1) is 0 Å². The first kappa shape index (κ1) is 16.6. The first-order valence-electron chi connectivity index (χ1n) is 4.95. The summed E-state index contributed by atoms with van der Waals surface area (Å²) < 4.78 is 1.46. The quantitative estimate of drug-likeness (QED) is 0.691. The predicted molar refractivity (Wildman–Crippen MR) is 61.8 cm³/mol. The number of H-pyrrole nitrogens is 1. The SMILES string of the molecule is CC.CCn1cc(C)c(=O)[nH]c1=O.O=CO. The zero-order valence-electron chi connectivity index (χ0n) is 9.98. The van der Waals surface area contributed by atoms with Gasteiger partial charge in [-0.05, 0) is 13.8 Å². The van der Waals surface area contributed by atoms with Crippen molar-refractivity contribution in [3.8, 4) is 0 Å². The van der Waals surface area contributed by atoms with Gasteiger partial charge in [0.25, 0.3) is 12.0 Å². The lowest BCUT2D eigenvalue weighted by Gasteiger charge is -1.99. The van der Waals surface area contributed by atoms with Gasteiger partial charge in [-0.25, -0.2) is 4.79 Å². The highest BCUT2D eigenvalue weighted by Gasteiger charge is 1.96. The molecule has 2 N–H and O–H groups in total. The number of carboxylic acid groups (broad SMARTS) is 1. The minimum absolute atomic E-state index is 0.250. The van der Waals surface area contributed by atoms with E-state index in [2.05, 4.69) is 4.98 Å². The van der Waals surface area contributed by atoms with Gasteiger partial charge in [0.2, 0.25) is 0 Å². The summed E-state index contributed by atoms with van der Waals surface area (Å²) in [7, 11) is 0. The molecule has 6 nitrogen and oxygen atoms in total. The number of hydrogen-bond acceptors (Lipinski definition) is 3. The van der Waals surface area contributed by atoms with Gasteiger partial charge in [-0.2, -0.15) is 0 Å². The minimum atomic E-state index is -0.344. The monoisotopic (exact) mass is 230 g/mol. The van der Waals surface area contributed by atoms with Gasteiger partial charge in [-0.3, -0.25) is 14.6 Å². The van der Waals surface area contributed by atoms with E-state index in [0.29, 0.717) is 12.1 Å². The number of hydrogen-bond donors (Lipinski definition) is 2. The van der Waals surface area contributed by atoms with E-state index in [1.807, 2.05) is 20.8 Å². The van der Waals surface area contributed by atoms with Crippen LogP contribution in [0.3, 0.4) is 0 Å². The van der Waals surface area contributed by atoms with Crippen LogP contribution in [0.15, 0.2) is 15.8 Å². The van der Waals surface area contributed by atoms with E-state index in [-0.39, 0.29) is 17.7 Å². The first-order chi connectivity index (χ1) is 7.56. The summed E-state index contributed by atoms with van der Waals surface area (Å²) in [6.07, 6.45) is 1.56. The first-order valence-corrected chi connectivity index (χ1v) is 4.95. The second-order valence-electron chi connectivity index (χ2n) is 2.46. The number of rotatable bonds is 1. The van der Waals surface area contributed by atoms with Crippen LogP contribution in [0.2, 0.25) is 0 Å². The smallest absolute Gasteiger partial charge is 0.328 e. The molecule has 0 spiro atoms. The van der Waals surface area contributed by atoms with Crippen LogP contribution in [0.1, 0.15) is 26.3 Å². The molecule has 1 aromatic rings. The van der Waals surface area contributed by atoms with Gasteiger partial charge in [0.05, 0.1) is 0 Å². The van der Waals surface area contributed by atoms with Crippen molar-refractivity contribution >= 4 is 6.47 Å². The third kappa shape index (κ3) is 5.79. The van der Waals surface area contributed by atoms with Crippen molar-refractivity contribution in [2.24, 2.45) is 0 Å². The fourth-order valence-electron chi connectivity index (χ4n) is 0.853. The average Bonchev–Trinajstić information content (AvgIpc) is 2.27. The van der Waals surface area contributed by atoms with Crippen LogP contribution in [-0.4, -0.2) is 21.1 Å². The van der Waals surface area contributed by atoms with Crippen molar-refractivity contribution in [2.75, 3.05) is 0 Å². The van der Waals surface area contributed by atoms with Gasteiger partial charge >= 0.3 is 5.69 Å². The van der Waals surface area contributed by atoms with E-state index in [1.54, 1.807) is 13.1 Å². The fourth-order valence-corrected chi connectivity index (χ4v) is 0.853. The molecule has 0 aliphatic carbocycles. The summed E-state index contributed by atoms with van der Waals surface area (Å²) in [4.78, 5) is 32.3. The van der Waals surface area contributed by atoms with Gasteiger partial charge in [0, 0.05) is 18.3 Å². The number of nitrogens with one attached hydrogen (secondary N) is 1. The molecule has 0 saturated carbocycles. The summed E-state index contributed by atoms with van der Waals surface area (Å²) in [6, 6.07) is 0. The molecule has 0 aromatic carbocycles. The normalized spacial score (nSPS) is 8.00. The lowest BCUT2D eigenvalue weighted by Crippen LogP contribution is -2.30. The molecule has 0 bridgehead atoms. The van der Waals surface area contributed by atoms with Crippen LogP contribution >= 0.6 is 0 Å². The summed E-state index contributed by atoms with van der Waals surface area (Å²) >= 11 is 0. The molecule has 1 rings (SSSR count). The summed E-state index contributed by atoms with van der Waals surface area (Å²) in [6.45, 7) is 7.85. The molecule has 0 atom stereocenters. The summed E-state index contributed by atoms with van der Waals surface area (Å²) in [5, 5.41) is 6.89. The van der Waals surface area contributed by atoms with Crippen LogP contribution in [0.5, 0.6) is 0 Å². The molecule has 6 heteroatoms. The Morgan fingerprint density at radius 3 is 2.25 bits per heavy atom. The number of aryl methyl sites for hydroxylation is 2. The Morgan fingerprint density at radius 2 is 1.88 bits per heavy atom. The van der Waals surface area contributed by atoms with Crippen molar-refractivity contribution < 1.29 is 9.90 Å². The van der Waals surface area contributed by atoms with E-state index in [1.165, 1.54) is 4.57 Å². The molecule has 1 aromatic heterocycles. The van der Waals surface area contributed by atoms with Gasteiger partial charge in [-0.1, -0.05) is 13.8 Å². The Morgan fingerprint density at radius 1 is 1.44 bits per heavy atom. The molecule has 1 heterocycles. The Labute approximate surface area is 93.6 Å². The van der Waals surface area contributed by atoms with Crippen LogP contribution < -0.4 is 11.2 Å². The van der Waals surface area contributed by atoms with Crippen molar-refractivity contribution in [3.63, 3.8) is 0 Å². The number of aromatic amines is 1. The van der Waals surface area contributed by atoms with E-state index in [9.17, 15) is 9.59 Å². The maximum Gasteiger partial charge on any atom is 0.328 e. The molecule has 16 heavy (non-hydrogen) atoms. The molecule has 0 aliphatic heterocycles. The highest BCUT2D eigenvalue weighted by molar-refractivity contribution is 5.32. The lowest BCUT2D eigenvalue weighted by molar-refractivity contribution is -0.122. The maximum atomic E-state index is 10.9. The van der Waals surface area contributed by atoms with Crippen molar-refractivity contribution in [1.82, 2.24) is 9.55 Å². The topological polar surface area (TPSA) is 92.2 Å². The van der Waals surface area contributed by atoms with Crippen LogP contribution in [0.4, 0.5) is 0 Å². The Hall–Kier alpha value is -1.85. The van der Waals surface area contributed by atoms with Crippen LogP contribution in [0, 0.1) is 6.92 Å². The van der Waals surface area contributed by atoms with Crippen LogP contribution in [-0.2, 0) is 11.3 Å². The predicted octanol–water partition coefficient (Wildman–Crippen LogP) is 0.592. The number of aromatic nitrogens is 2. The summed E-state index contributed by atoms with van der Waals surface area (Å²) in [5.74, 6) is 0. The molecule has 0 unspecified atom stereocenters. The van der Waals surface area contributed by atoms with E-state index < -0.39 is 0 Å². The minimum Gasteiger partial charge on any atom is -0.483 e. The lowest BCUT2D eigenvalue weighted by atomic mass is 10.4. The van der Waals surface area contributed by atoms with Gasteiger partial charge < -0.3 is 9.67 Å². The molecular formula is C10H18N2O4. The van der Waals surface area contributed by atoms with Crippen molar-refractivity contribution in [3.05, 3.63) is 32.6 Å². The van der Waals surface area contributed by atoms with Crippen molar-refractivity contribution in [1.29, 1.82) is 0 Å². The highest BCUT2D eigenvalue weighted by Crippen LogP contribution is 1.82. The van der Waals surface area contributed by atoms with Gasteiger partial charge in [0.15, 0.2) is 0 Å². The molecule has 92 valence electrons. The zero-order valence-corrected chi connectivity index (χ0v) is 9.98. The standard InChI is InChI=1S/C7H10N2O2.C2H6.CH2O2/c1-3-9-4-5(2)6(10)8-7(9)11;1-2;2-1-3/h4H,3H2,1-2H3,(H,8,10,11);1-2H3;1H,(H,2,3). The molecule has 0 saturated heterocycles. The van der Waals surface area contributed by atoms with E-state index in [4.69, 9.17) is 9.90 Å².